The number of hydrogen-bond acceptors (Lipinski definition) is 5. The number of benzene rings is 4. The van der Waals surface area contributed by atoms with E-state index in [1.165, 1.54) is 26.0 Å². The smallest absolute Gasteiger partial charge is 0.192 e. The Bertz CT molecular complexity index is 1660. The summed E-state index contributed by atoms with van der Waals surface area (Å²) in [6.07, 6.45) is 0. The lowest BCUT2D eigenvalue weighted by Crippen LogP contribution is -2.40. The van der Waals surface area contributed by atoms with Crippen LogP contribution in [0.1, 0.15) is 45.7 Å². The number of nitrogens with zero attached hydrogens (tertiary/aromatic N) is 2. The van der Waals surface area contributed by atoms with Gasteiger partial charge in [0.25, 0.3) is 0 Å². The molecule has 196 valence electrons. The molecule has 0 aliphatic carbocycles. The number of Topliss-reactive ketones (excluding diaryl/α,β-unsaturated/α-hetero) is 1. The van der Waals surface area contributed by atoms with Crippen molar-refractivity contribution in [2.75, 3.05) is 11.9 Å². The number of carbonyl (C=O) groups is 2. The number of carbonyl (C=O) groups excluding carboxylic acids is 2. The van der Waals surface area contributed by atoms with E-state index in [0.717, 1.165) is 16.9 Å². The molecule has 0 heterocycles. The average Bonchev–Trinajstić information content (AvgIpc) is 2.96. The Hall–Kier alpha value is -4.54. The second kappa shape index (κ2) is 10.7. The van der Waals surface area contributed by atoms with Crippen molar-refractivity contribution in [3.63, 3.8) is 0 Å². The Labute approximate surface area is 229 Å². The van der Waals surface area contributed by atoms with Crippen molar-refractivity contribution in [1.82, 2.24) is 0 Å². The maximum Gasteiger partial charge on any atom is 0.192 e. The molecule has 0 bridgehead atoms. The Balaban J connectivity index is 1.50. The van der Waals surface area contributed by atoms with E-state index in [-0.39, 0.29) is 10.7 Å². The fourth-order valence-electron chi connectivity index (χ4n) is 4.16. The molecule has 0 amide bonds. The minimum Gasteiger partial charge on any atom is -0.345 e. The summed E-state index contributed by atoms with van der Waals surface area (Å²) in [6.45, 7) is 11.8. The van der Waals surface area contributed by atoms with E-state index in [1.807, 2.05) is 31.0 Å². The van der Waals surface area contributed by atoms with Gasteiger partial charge in [0.05, 0.1) is 11.5 Å². The summed E-state index contributed by atoms with van der Waals surface area (Å²) in [6, 6.07) is 27.0. The van der Waals surface area contributed by atoms with Crippen molar-refractivity contribution >= 4 is 38.5 Å². The molecule has 0 saturated carbocycles. The minimum atomic E-state index is -3.91. The van der Waals surface area contributed by atoms with Crippen molar-refractivity contribution in [1.29, 1.82) is 0 Å². The largest absolute Gasteiger partial charge is 0.345 e. The fourth-order valence-corrected chi connectivity index (χ4v) is 5.60. The van der Waals surface area contributed by atoms with Crippen LogP contribution in [0.25, 0.3) is 4.85 Å². The number of aryl methyl sites for hydroxylation is 1. The van der Waals surface area contributed by atoms with Crippen LogP contribution in [-0.4, -0.2) is 31.8 Å². The van der Waals surface area contributed by atoms with Gasteiger partial charge < -0.3 is 4.90 Å². The van der Waals surface area contributed by atoms with Gasteiger partial charge in [0, 0.05) is 35.1 Å². The highest BCUT2D eigenvalue weighted by atomic mass is 32.2. The second-order valence-electron chi connectivity index (χ2n) is 9.80. The van der Waals surface area contributed by atoms with Crippen LogP contribution < -0.4 is 4.90 Å². The fraction of sp³-hybridized carbons (Fsp3) is 0.156. The van der Waals surface area contributed by atoms with E-state index >= 15 is 0 Å². The predicted octanol–water partition coefficient (Wildman–Crippen LogP) is 6.98. The summed E-state index contributed by atoms with van der Waals surface area (Å²) < 4.78 is 24.9. The van der Waals surface area contributed by atoms with E-state index in [2.05, 4.69) is 4.85 Å². The highest BCUT2D eigenvalue weighted by molar-refractivity contribution is 7.93. The van der Waals surface area contributed by atoms with Crippen LogP contribution in [0.4, 0.5) is 17.1 Å². The lowest BCUT2D eigenvalue weighted by atomic mass is 10.00. The molecule has 4 rings (SSSR count). The highest BCUT2D eigenvalue weighted by Crippen LogP contribution is 2.31. The van der Waals surface area contributed by atoms with Crippen LogP contribution in [0.2, 0.25) is 0 Å². The molecular weight excluding hydrogens is 508 g/mol. The zero-order valence-electron chi connectivity index (χ0n) is 22.2. The molecule has 4 aromatic rings. The van der Waals surface area contributed by atoms with Crippen LogP contribution in [0, 0.1) is 13.5 Å². The van der Waals surface area contributed by atoms with Gasteiger partial charge >= 0.3 is 0 Å². The van der Waals surface area contributed by atoms with E-state index in [4.69, 9.17) is 6.57 Å². The Morgan fingerprint density at radius 2 is 1.15 bits per heavy atom. The molecule has 0 fully saturated rings. The monoisotopic (exact) mass is 536 g/mol. The Morgan fingerprint density at radius 1 is 0.718 bits per heavy atom. The summed E-state index contributed by atoms with van der Waals surface area (Å²) in [7, 11) is -2.04. The molecule has 0 radical (unpaired) electrons. The number of anilines is 2. The van der Waals surface area contributed by atoms with Crippen molar-refractivity contribution in [3.8, 4) is 0 Å². The first-order chi connectivity index (χ1) is 18.5. The van der Waals surface area contributed by atoms with Crippen molar-refractivity contribution in [3.05, 3.63) is 131 Å². The third kappa shape index (κ3) is 5.38. The summed E-state index contributed by atoms with van der Waals surface area (Å²) in [4.78, 5) is 31.5. The lowest BCUT2D eigenvalue weighted by Gasteiger charge is -2.24. The maximum absolute atomic E-state index is 13.3. The molecular formula is C32H28N2O4S. The summed E-state index contributed by atoms with van der Waals surface area (Å²) >= 11 is 0. The summed E-state index contributed by atoms with van der Waals surface area (Å²) in [5.41, 5.74) is 4.38. The molecule has 0 aromatic heterocycles. The van der Waals surface area contributed by atoms with Crippen molar-refractivity contribution in [2.45, 2.75) is 30.4 Å². The van der Waals surface area contributed by atoms with E-state index < -0.39 is 20.4 Å². The van der Waals surface area contributed by atoms with Crippen LogP contribution in [0.5, 0.6) is 0 Å². The molecule has 4 aromatic carbocycles. The van der Waals surface area contributed by atoms with E-state index in [1.54, 1.807) is 72.8 Å². The first-order valence-corrected chi connectivity index (χ1v) is 13.8. The third-order valence-electron chi connectivity index (χ3n) is 6.84. The Morgan fingerprint density at radius 3 is 1.62 bits per heavy atom. The average molecular weight is 537 g/mol. The molecule has 0 N–H and O–H groups in total. The minimum absolute atomic E-state index is 0.116. The SMILES string of the molecule is [C-]#[N+]c1ccc(C(=O)c2ccc(N(C)c3ccc(C(=O)C(C)(C)S(=O)(=O)c4ccc(C)cc4)cc3)cc2)cc1. The van der Waals surface area contributed by atoms with Gasteiger partial charge in [-0.05, 0) is 81.4 Å². The zero-order chi connectivity index (χ0) is 28.4. The topological polar surface area (TPSA) is 75.9 Å². The third-order valence-corrected chi connectivity index (χ3v) is 9.26. The summed E-state index contributed by atoms with van der Waals surface area (Å²) in [5.74, 6) is -0.614. The van der Waals surface area contributed by atoms with Crippen molar-refractivity contribution < 1.29 is 18.0 Å². The molecule has 39 heavy (non-hydrogen) atoms. The first kappa shape index (κ1) is 27.5. The van der Waals surface area contributed by atoms with Gasteiger partial charge in [0.2, 0.25) is 0 Å². The first-order valence-electron chi connectivity index (χ1n) is 12.3. The van der Waals surface area contributed by atoms with Gasteiger partial charge in [-0.25, -0.2) is 13.3 Å². The van der Waals surface area contributed by atoms with Gasteiger partial charge in [0.1, 0.15) is 4.75 Å². The Kier molecular flexibility index (Phi) is 7.53. The molecule has 0 atom stereocenters. The van der Waals surface area contributed by atoms with Gasteiger partial charge in [-0.2, -0.15) is 0 Å². The predicted molar refractivity (Wildman–Crippen MR) is 154 cm³/mol. The van der Waals surface area contributed by atoms with Crippen molar-refractivity contribution in [2.24, 2.45) is 0 Å². The lowest BCUT2D eigenvalue weighted by molar-refractivity contribution is 0.0953. The van der Waals surface area contributed by atoms with Gasteiger partial charge in [-0.15, -0.1) is 0 Å². The highest BCUT2D eigenvalue weighted by Gasteiger charge is 2.43. The zero-order valence-corrected chi connectivity index (χ0v) is 23.0. The second-order valence-corrected chi connectivity index (χ2v) is 12.3. The molecule has 6 nitrogen and oxygen atoms in total. The summed E-state index contributed by atoms with van der Waals surface area (Å²) in [5, 5.41) is 0. The molecule has 0 aliphatic rings. The molecule has 0 spiro atoms. The van der Waals surface area contributed by atoms with Crippen LogP contribution in [0.3, 0.4) is 0 Å². The number of ketones is 2. The molecule has 0 aliphatic heterocycles. The van der Waals surface area contributed by atoms with Crippen LogP contribution in [0.15, 0.2) is 102 Å². The molecule has 7 heteroatoms. The number of sulfone groups is 1. The maximum atomic E-state index is 13.3. The number of rotatable bonds is 8. The van der Waals surface area contributed by atoms with E-state index in [9.17, 15) is 18.0 Å². The molecule has 0 unspecified atom stereocenters. The number of hydrogen-bond donors (Lipinski definition) is 0. The van der Waals surface area contributed by atoms with Gasteiger partial charge in [-0.3, -0.25) is 9.59 Å². The van der Waals surface area contributed by atoms with E-state index in [0.29, 0.717) is 22.4 Å². The quantitative estimate of drug-likeness (QED) is 0.179. The van der Waals surface area contributed by atoms with Gasteiger partial charge in [-0.1, -0.05) is 42.0 Å². The normalized spacial score (nSPS) is 11.5. The molecule has 0 saturated heterocycles. The van der Waals surface area contributed by atoms with Crippen LogP contribution in [-0.2, 0) is 9.84 Å². The van der Waals surface area contributed by atoms with Crippen LogP contribution >= 0.6 is 0 Å². The van der Waals surface area contributed by atoms with Gasteiger partial charge in [0.15, 0.2) is 27.1 Å². The standard InChI is InChI=1S/C32H28N2O4S/c1-22-6-20-29(21-7-22)39(37,38)32(2,3)31(36)25-12-18-28(19-13-25)34(5)27-16-10-24(11-17-27)30(35)23-8-14-26(33-4)15-9-23/h6-21H,1-3,5H3.